The standard InChI is InChI=1S/C46H28N4S/c1-3-16-30(17-4-1)43-35-23-11-13-25-37(35)47-46(48-43)50-44-42(34-22-10-9-21-33(34)40-36-24-12-14-26-39(36)51-45(40)44)41-32-20-8-7-15-29(32)27-28-38(41)49(50)31-18-5-2-6-19-31/h1-28H/i1D,16D. The first-order chi connectivity index (χ1) is 26.1. The fourth-order valence-corrected chi connectivity index (χ4v) is 9.13. The number of nitrogens with zero attached hydrogens (tertiary/aromatic N) is 4. The van der Waals surface area contributed by atoms with E-state index in [9.17, 15) is 0 Å². The van der Waals surface area contributed by atoms with Gasteiger partial charge in [-0.15, -0.1) is 11.3 Å². The fraction of sp³-hybridized carbons (Fsp3) is 0. The molecular formula is C46H28N4S. The van der Waals surface area contributed by atoms with Crippen molar-refractivity contribution in [3.63, 3.8) is 0 Å². The lowest BCUT2D eigenvalue weighted by Gasteiger charge is -2.43. The summed E-state index contributed by atoms with van der Waals surface area (Å²) in [5, 5.41) is 12.5. The Morgan fingerprint density at radius 3 is 2.12 bits per heavy atom. The highest BCUT2D eigenvalue weighted by atomic mass is 32.1. The molecule has 4 nitrogen and oxygen atoms in total. The monoisotopic (exact) mass is 670 g/mol. The van der Waals surface area contributed by atoms with Crippen molar-refractivity contribution in [3.8, 4) is 22.4 Å². The van der Waals surface area contributed by atoms with Crippen LogP contribution in [0, 0.1) is 0 Å². The molecule has 0 radical (unpaired) electrons. The Morgan fingerprint density at radius 2 is 1.25 bits per heavy atom. The van der Waals surface area contributed by atoms with Crippen LogP contribution in [-0.2, 0) is 0 Å². The molecule has 0 N–H and O–H groups in total. The molecule has 0 saturated heterocycles. The molecule has 238 valence electrons. The minimum atomic E-state index is 0.251. The van der Waals surface area contributed by atoms with Crippen LogP contribution >= 0.6 is 11.3 Å². The normalized spacial score (nSPS) is 13.2. The highest BCUT2D eigenvalue weighted by molar-refractivity contribution is 7.26. The summed E-state index contributed by atoms with van der Waals surface area (Å²) in [7, 11) is 0. The zero-order chi connectivity index (χ0) is 35.2. The van der Waals surface area contributed by atoms with Gasteiger partial charge in [0.15, 0.2) is 0 Å². The van der Waals surface area contributed by atoms with Crippen LogP contribution in [0.2, 0.25) is 0 Å². The number of fused-ring (bicyclic) bond motifs is 13. The number of thiophene rings is 1. The van der Waals surface area contributed by atoms with Gasteiger partial charge in [0.1, 0.15) is 0 Å². The molecule has 51 heavy (non-hydrogen) atoms. The molecule has 0 fully saturated rings. The van der Waals surface area contributed by atoms with Crippen LogP contribution in [0.1, 0.15) is 2.74 Å². The van der Waals surface area contributed by atoms with Gasteiger partial charge >= 0.3 is 0 Å². The molecule has 0 bridgehead atoms. The lowest BCUT2D eigenvalue weighted by atomic mass is 9.87. The zero-order valence-electron chi connectivity index (χ0n) is 29.2. The molecule has 8 aromatic carbocycles. The second kappa shape index (κ2) is 11.0. The third kappa shape index (κ3) is 4.13. The number of aromatic nitrogens is 2. The van der Waals surface area contributed by atoms with E-state index in [1.165, 1.54) is 31.6 Å². The van der Waals surface area contributed by atoms with Crippen molar-refractivity contribution in [2.24, 2.45) is 0 Å². The summed E-state index contributed by atoms with van der Waals surface area (Å²) in [5.41, 5.74) is 7.38. The highest BCUT2D eigenvalue weighted by Gasteiger charge is 2.38. The van der Waals surface area contributed by atoms with E-state index in [2.05, 4.69) is 119 Å². The Labute approximate surface area is 300 Å². The summed E-state index contributed by atoms with van der Waals surface area (Å²) in [6.45, 7) is 0. The Morgan fingerprint density at radius 1 is 0.529 bits per heavy atom. The van der Waals surface area contributed by atoms with Gasteiger partial charge in [0, 0.05) is 37.5 Å². The second-order valence-corrected chi connectivity index (χ2v) is 13.9. The molecule has 5 heteroatoms. The summed E-state index contributed by atoms with van der Waals surface area (Å²) in [5.74, 6) is 0.492. The van der Waals surface area contributed by atoms with E-state index in [0.29, 0.717) is 23.2 Å². The van der Waals surface area contributed by atoms with E-state index in [1.54, 1.807) is 23.5 Å². The average molecular weight is 671 g/mol. The Kier molecular flexibility index (Phi) is 5.66. The maximum Gasteiger partial charge on any atom is 0.251 e. The van der Waals surface area contributed by atoms with Gasteiger partial charge in [-0.3, -0.25) is 0 Å². The quantitative estimate of drug-likeness (QED) is 0.187. The molecule has 0 atom stereocenters. The molecule has 0 aliphatic carbocycles. The predicted octanol–water partition coefficient (Wildman–Crippen LogP) is 12.8. The van der Waals surface area contributed by atoms with Crippen molar-refractivity contribution >= 4 is 87.0 Å². The van der Waals surface area contributed by atoms with Crippen molar-refractivity contribution in [2.45, 2.75) is 0 Å². The fourth-order valence-electron chi connectivity index (χ4n) is 7.87. The van der Waals surface area contributed by atoms with Crippen LogP contribution in [0.4, 0.5) is 23.0 Å². The lowest BCUT2D eigenvalue weighted by Crippen LogP contribution is -2.40. The van der Waals surface area contributed by atoms with Gasteiger partial charge in [0.05, 0.1) is 35.7 Å². The Hall–Kier alpha value is -6.56. The molecule has 2 aromatic heterocycles. The minimum Gasteiger partial charge on any atom is -0.246 e. The number of hydrogen-bond acceptors (Lipinski definition) is 5. The first kappa shape index (κ1) is 26.3. The number of hydrazine groups is 1. The summed E-state index contributed by atoms with van der Waals surface area (Å²) in [4.78, 5) is 10.8. The summed E-state index contributed by atoms with van der Waals surface area (Å²) in [6, 6.07) is 54.7. The number of hydrogen-bond donors (Lipinski definition) is 0. The van der Waals surface area contributed by atoms with Gasteiger partial charge in [0.2, 0.25) is 0 Å². The molecular weight excluding hydrogens is 641 g/mol. The Bertz CT molecular complexity index is 3120. The van der Waals surface area contributed by atoms with Gasteiger partial charge in [0.25, 0.3) is 5.95 Å². The Balaban J connectivity index is 1.36. The molecule has 0 saturated carbocycles. The third-order valence-electron chi connectivity index (χ3n) is 10.0. The van der Waals surface area contributed by atoms with Gasteiger partial charge in [-0.25, -0.2) is 20.0 Å². The zero-order valence-corrected chi connectivity index (χ0v) is 28.0. The lowest BCUT2D eigenvalue weighted by molar-refractivity contribution is 0.933. The summed E-state index contributed by atoms with van der Waals surface area (Å²) in [6.07, 6.45) is 0. The van der Waals surface area contributed by atoms with E-state index >= 15 is 0 Å². The van der Waals surface area contributed by atoms with E-state index in [0.717, 1.165) is 49.2 Å². The summed E-state index contributed by atoms with van der Waals surface area (Å²) < 4.78 is 19.5. The maximum absolute atomic E-state index is 8.96. The highest BCUT2D eigenvalue weighted by Crippen LogP contribution is 2.58. The molecule has 10 aromatic rings. The predicted molar refractivity (Wildman–Crippen MR) is 215 cm³/mol. The largest absolute Gasteiger partial charge is 0.251 e. The van der Waals surface area contributed by atoms with Crippen LogP contribution in [0.15, 0.2) is 170 Å². The van der Waals surface area contributed by atoms with Gasteiger partial charge in [-0.2, -0.15) is 0 Å². The molecule has 0 spiro atoms. The first-order valence-corrected chi connectivity index (χ1v) is 17.8. The topological polar surface area (TPSA) is 32.3 Å². The number of anilines is 4. The van der Waals surface area contributed by atoms with Crippen molar-refractivity contribution in [3.05, 3.63) is 170 Å². The van der Waals surface area contributed by atoms with Crippen LogP contribution in [0.3, 0.4) is 0 Å². The first-order valence-electron chi connectivity index (χ1n) is 18.0. The number of para-hydroxylation sites is 2. The second-order valence-electron chi connectivity index (χ2n) is 12.8. The molecule has 11 rings (SSSR count). The van der Waals surface area contributed by atoms with E-state index < -0.39 is 0 Å². The van der Waals surface area contributed by atoms with Crippen molar-refractivity contribution in [2.75, 3.05) is 10.0 Å². The van der Waals surface area contributed by atoms with Crippen LogP contribution < -0.4 is 10.0 Å². The number of benzene rings is 8. The van der Waals surface area contributed by atoms with E-state index in [1.807, 2.05) is 36.4 Å². The van der Waals surface area contributed by atoms with Crippen LogP contribution in [0.25, 0.3) is 75.0 Å². The van der Waals surface area contributed by atoms with E-state index in [-0.39, 0.29) is 6.04 Å². The van der Waals surface area contributed by atoms with Crippen LogP contribution in [0.5, 0.6) is 0 Å². The smallest absolute Gasteiger partial charge is 0.246 e. The van der Waals surface area contributed by atoms with Crippen molar-refractivity contribution in [1.29, 1.82) is 0 Å². The number of rotatable bonds is 3. The van der Waals surface area contributed by atoms with E-state index in [4.69, 9.17) is 12.7 Å². The van der Waals surface area contributed by atoms with Crippen LogP contribution in [-0.4, -0.2) is 9.97 Å². The minimum absolute atomic E-state index is 0.251. The average Bonchev–Trinajstić information content (AvgIpc) is 3.60. The third-order valence-corrected chi connectivity index (χ3v) is 11.2. The summed E-state index contributed by atoms with van der Waals surface area (Å²) >= 11 is 1.80. The van der Waals surface area contributed by atoms with Gasteiger partial charge in [-0.1, -0.05) is 139 Å². The van der Waals surface area contributed by atoms with Gasteiger partial charge < -0.3 is 0 Å². The molecule has 1 aliphatic heterocycles. The molecule has 0 unspecified atom stereocenters. The molecule has 0 amide bonds. The molecule has 1 aliphatic rings. The molecule has 3 heterocycles. The SMILES string of the molecule is [2H]c1ccc(-c2nc(N3c4c(c5ccccc5c5c4sc4ccccc45)-c4c(ccc5ccccc45)N3c3ccccc3)nc3ccccc23)c([2H])c1. The van der Waals surface area contributed by atoms with Crippen molar-refractivity contribution in [1.82, 2.24) is 9.97 Å². The van der Waals surface area contributed by atoms with Crippen molar-refractivity contribution < 1.29 is 2.74 Å². The van der Waals surface area contributed by atoms with Gasteiger partial charge in [-0.05, 0) is 51.9 Å². The maximum atomic E-state index is 8.96.